The SMILES string of the molecule is Cc1cccc([C@@H]2[C@@H](N)CC(=O)N2C)c1. The zero-order chi connectivity index (χ0) is 11.0. The first-order valence-corrected chi connectivity index (χ1v) is 5.17. The van der Waals surface area contributed by atoms with Gasteiger partial charge in [-0.05, 0) is 12.5 Å². The number of nitrogens with two attached hydrogens (primary N) is 1. The summed E-state index contributed by atoms with van der Waals surface area (Å²) < 4.78 is 0. The molecular weight excluding hydrogens is 188 g/mol. The van der Waals surface area contributed by atoms with Gasteiger partial charge < -0.3 is 10.6 Å². The van der Waals surface area contributed by atoms with Gasteiger partial charge in [0, 0.05) is 19.5 Å². The minimum atomic E-state index is -0.0794. The number of amides is 1. The van der Waals surface area contributed by atoms with E-state index in [0.717, 1.165) is 5.56 Å². The van der Waals surface area contributed by atoms with Gasteiger partial charge in [0.2, 0.25) is 5.91 Å². The van der Waals surface area contributed by atoms with Gasteiger partial charge in [0.25, 0.3) is 0 Å². The fourth-order valence-corrected chi connectivity index (χ4v) is 2.22. The molecule has 2 atom stereocenters. The molecule has 1 amide bonds. The highest BCUT2D eigenvalue weighted by Crippen LogP contribution is 2.30. The highest BCUT2D eigenvalue weighted by atomic mass is 16.2. The Kier molecular flexibility index (Phi) is 2.49. The first-order valence-electron chi connectivity index (χ1n) is 5.17. The van der Waals surface area contributed by atoms with Crippen LogP contribution in [0.3, 0.4) is 0 Å². The third-order valence-electron chi connectivity index (χ3n) is 3.01. The predicted octanol–water partition coefficient (Wildman–Crippen LogP) is 1.23. The third-order valence-corrected chi connectivity index (χ3v) is 3.01. The number of benzene rings is 1. The van der Waals surface area contributed by atoms with Crippen LogP contribution in [-0.2, 0) is 4.79 Å². The number of likely N-dealkylation sites (tertiary alicyclic amines) is 1. The molecule has 1 aliphatic heterocycles. The van der Waals surface area contributed by atoms with Crippen molar-refractivity contribution in [3.8, 4) is 0 Å². The van der Waals surface area contributed by atoms with Crippen LogP contribution < -0.4 is 5.73 Å². The fourth-order valence-electron chi connectivity index (χ4n) is 2.22. The largest absolute Gasteiger partial charge is 0.337 e. The van der Waals surface area contributed by atoms with Gasteiger partial charge in [0.05, 0.1) is 6.04 Å². The smallest absolute Gasteiger partial charge is 0.224 e. The van der Waals surface area contributed by atoms with Crippen molar-refractivity contribution in [3.05, 3.63) is 35.4 Å². The van der Waals surface area contributed by atoms with E-state index < -0.39 is 0 Å². The summed E-state index contributed by atoms with van der Waals surface area (Å²) in [7, 11) is 1.82. The Balaban J connectivity index is 2.34. The average Bonchev–Trinajstić information content (AvgIpc) is 2.41. The number of rotatable bonds is 1. The van der Waals surface area contributed by atoms with Crippen LogP contribution in [0.2, 0.25) is 0 Å². The molecule has 0 spiro atoms. The molecule has 1 heterocycles. The van der Waals surface area contributed by atoms with Crippen LogP contribution in [0.5, 0.6) is 0 Å². The molecule has 3 nitrogen and oxygen atoms in total. The molecule has 0 aromatic heterocycles. The van der Waals surface area contributed by atoms with Crippen molar-refractivity contribution in [3.63, 3.8) is 0 Å². The Bertz CT molecular complexity index is 389. The van der Waals surface area contributed by atoms with E-state index in [9.17, 15) is 4.79 Å². The van der Waals surface area contributed by atoms with Crippen LogP contribution in [-0.4, -0.2) is 23.9 Å². The summed E-state index contributed by atoms with van der Waals surface area (Å²) in [5, 5.41) is 0. The van der Waals surface area contributed by atoms with Crippen molar-refractivity contribution in [2.45, 2.75) is 25.4 Å². The summed E-state index contributed by atoms with van der Waals surface area (Å²) in [5.41, 5.74) is 8.32. The van der Waals surface area contributed by atoms with Gasteiger partial charge in [-0.15, -0.1) is 0 Å². The van der Waals surface area contributed by atoms with Crippen LogP contribution in [0.4, 0.5) is 0 Å². The number of carbonyl (C=O) groups is 1. The number of nitrogens with zero attached hydrogens (tertiary/aromatic N) is 1. The number of carbonyl (C=O) groups excluding carboxylic acids is 1. The number of hydrogen-bond donors (Lipinski definition) is 1. The Morgan fingerprint density at radius 3 is 2.73 bits per heavy atom. The highest BCUT2D eigenvalue weighted by molar-refractivity contribution is 5.80. The van der Waals surface area contributed by atoms with E-state index in [0.29, 0.717) is 6.42 Å². The first kappa shape index (κ1) is 10.2. The molecule has 0 saturated carbocycles. The summed E-state index contributed by atoms with van der Waals surface area (Å²) >= 11 is 0. The first-order chi connectivity index (χ1) is 7.09. The molecule has 1 fully saturated rings. The Hall–Kier alpha value is -1.35. The molecule has 1 aliphatic rings. The standard InChI is InChI=1S/C12H16N2O/c1-8-4-3-5-9(6-8)12-10(13)7-11(15)14(12)2/h3-6,10,12H,7,13H2,1-2H3/t10-,12+/m0/s1. The highest BCUT2D eigenvalue weighted by Gasteiger charge is 2.35. The zero-order valence-corrected chi connectivity index (χ0v) is 9.10. The van der Waals surface area contributed by atoms with Crippen LogP contribution in [0.15, 0.2) is 24.3 Å². The lowest BCUT2D eigenvalue weighted by Crippen LogP contribution is -2.30. The van der Waals surface area contributed by atoms with Crippen molar-refractivity contribution >= 4 is 5.91 Å². The topological polar surface area (TPSA) is 46.3 Å². The van der Waals surface area contributed by atoms with Crippen molar-refractivity contribution in [1.29, 1.82) is 0 Å². The van der Waals surface area contributed by atoms with Crippen LogP contribution in [0.1, 0.15) is 23.6 Å². The van der Waals surface area contributed by atoms with E-state index in [1.807, 2.05) is 32.2 Å². The summed E-state index contributed by atoms with van der Waals surface area (Å²) in [6.07, 6.45) is 0.453. The van der Waals surface area contributed by atoms with Gasteiger partial charge in [-0.1, -0.05) is 29.8 Å². The maximum atomic E-state index is 11.5. The molecule has 1 aromatic carbocycles. The lowest BCUT2D eigenvalue weighted by Gasteiger charge is -2.23. The number of likely N-dealkylation sites (N-methyl/N-ethyl adjacent to an activating group) is 1. The van der Waals surface area contributed by atoms with Gasteiger partial charge in [-0.25, -0.2) is 0 Å². The number of hydrogen-bond acceptors (Lipinski definition) is 2. The molecule has 1 saturated heterocycles. The molecule has 15 heavy (non-hydrogen) atoms. The van der Waals surface area contributed by atoms with Gasteiger partial charge >= 0.3 is 0 Å². The van der Waals surface area contributed by atoms with Gasteiger partial charge in [-0.2, -0.15) is 0 Å². The lowest BCUT2D eigenvalue weighted by molar-refractivity contribution is -0.127. The summed E-state index contributed by atoms with van der Waals surface area (Å²) in [6.45, 7) is 2.05. The molecule has 2 rings (SSSR count). The van der Waals surface area contributed by atoms with Crippen molar-refractivity contribution in [1.82, 2.24) is 4.90 Å². The second-order valence-electron chi connectivity index (χ2n) is 4.23. The van der Waals surface area contributed by atoms with Crippen LogP contribution in [0, 0.1) is 6.92 Å². The summed E-state index contributed by atoms with van der Waals surface area (Å²) in [6, 6.07) is 8.15. The molecule has 2 N–H and O–H groups in total. The van der Waals surface area contributed by atoms with Gasteiger partial charge in [0.15, 0.2) is 0 Å². The zero-order valence-electron chi connectivity index (χ0n) is 9.10. The van der Waals surface area contributed by atoms with E-state index >= 15 is 0 Å². The number of aryl methyl sites for hydroxylation is 1. The normalized spacial score (nSPS) is 26.1. The monoisotopic (exact) mass is 204 g/mol. The Morgan fingerprint density at radius 2 is 2.20 bits per heavy atom. The minimum Gasteiger partial charge on any atom is -0.337 e. The summed E-state index contributed by atoms with van der Waals surface area (Å²) in [4.78, 5) is 13.2. The molecule has 0 aliphatic carbocycles. The minimum absolute atomic E-state index is 0.0393. The Morgan fingerprint density at radius 1 is 1.47 bits per heavy atom. The second kappa shape index (κ2) is 3.66. The van der Waals surface area contributed by atoms with Crippen LogP contribution in [0.25, 0.3) is 0 Å². The maximum Gasteiger partial charge on any atom is 0.224 e. The molecular formula is C12H16N2O. The van der Waals surface area contributed by atoms with Crippen LogP contribution >= 0.6 is 0 Å². The van der Waals surface area contributed by atoms with Gasteiger partial charge in [-0.3, -0.25) is 4.79 Å². The lowest BCUT2D eigenvalue weighted by atomic mass is 9.99. The molecule has 1 aromatic rings. The van der Waals surface area contributed by atoms with Gasteiger partial charge in [0.1, 0.15) is 0 Å². The average molecular weight is 204 g/mol. The molecule has 0 unspecified atom stereocenters. The van der Waals surface area contributed by atoms with E-state index in [1.165, 1.54) is 5.56 Å². The molecule has 0 radical (unpaired) electrons. The summed E-state index contributed by atoms with van der Waals surface area (Å²) in [5.74, 6) is 0.133. The predicted molar refractivity (Wildman–Crippen MR) is 59.3 cm³/mol. The molecule has 3 heteroatoms. The maximum absolute atomic E-state index is 11.5. The Labute approximate surface area is 89.9 Å². The second-order valence-corrected chi connectivity index (χ2v) is 4.23. The molecule has 0 bridgehead atoms. The van der Waals surface area contributed by atoms with E-state index in [2.05, 4.69) is 6.07 Å². The van der Waals surface area contributed by atoms with E-state index in [-0.39, 0.29) is 18.0 Å². The van der Waals surface area contributed by atoms with E-state index in [1.54, 1.807) is 4.90 Å². The van der Waals surface area contributed by atoms with Crippen molar-refractivity contribution in [2.24, 2.45) is 5.73 Å². The fraction of sp³-hybridized carbons (Fsp3) is 0.417. The van der Waals surface area contributed by atoms with Crippen molar-refractivity contribution in [2.75, 3.05) is 7.05 Å². The third kappa shape index (κ3) is 1.75. The quantitative estimate of drug-likeness (QED) is 0.747. The molecule has 80 valence electrons. The van der Waals surface area contributed by atoms with E-state index in [4.69, 9.17) is 5.73 Å². The van der Waals surface area contributed by atoms with Crippen molar-refractivity contribution < 1.29 is 4.79 Å².